The molecule has 2 saturated heterocycles. The maximum atomic E-state index is 12.7. The highest BCUT2D eigenvalue weighted by Gasteiger charge is 2.78. The first-order chi connectivity index (χ1) is 13.2. The minimum atomic E-state index is -0.0559. The van der Waals surface area contributed by atoms with Gasteiger partial charge in [-0.25, -0.2) is 0 Å². The number of carbonyl (C=O) groups is 1. The summed E-state index contributed by atoms with van der Waals surface area (Å²) in [5.41, 5.74) is 0.179. The van der Waals surface area contributed by atoms with Crippen molar-refractivity contribution in [3.05, 3.63) is 0 Å². The third-order valence-corrected chi connectivity index (χ3v) is 8.43. The Labute approximate surface area is 170 Å². The van der Waals surface area contributed by atoms with Crippen molar-refractivity contribution in [3.63, 3.8) is 0 Å². The van der Waals surface area contributed by atoms with E-state index in [-0.39, 0.29) is 41.0 Å². The van der Waals surface area contributed by atoms with Crippen molar-refractivity contribution in [2.75, 3.05) is 19.6 Å². The summed E-state index contributed by atoms with van der Waals surface area (Å²) in [6.45, 7) is 16.3. The number of rotatable bonds is 7. The highest BCUT2D eigenvalue weighted by molar-refractivity contribution is 5.76. The molecule has 5 heteroatoms. The van der Waals surface area contributed by atoms with Gasteiger partial charge in [0.2, 0.25) is 0 Å². The first kappa shape index (κ1) is 20.6. The largest absolute Gasteiger partial charge is 0.462 e. The van der Waals surface area contributed by atoms with Crippen LogP contribution in [0.1, 0.15) is 67.2 Å². The lowest BCUT2D eigenvalue weighted by atomic mass is 9.53. The molecule has 28 heavy (non-hydrogen) atoms. The Morgan fingerprint density at radius 3 is 2.64 bits per heavy atom. The predicted octanol–water partition coefficient (Wildman–Crippen LogP) is 3.22. The van der Waals surface area contributed by atoms with E-state index in [0.717, 1.165) is 19.5 Å². The van der Waals surface area contributed by atoms with Crippen molar-refractivity contribution in [2.24, 2.45) is 23.2 Å². The monoisotopic (exact) mass is 392 g/mol. The fourth-order valence-electron chi connectivity index (χ4n) is 7.04. The Bertz CT molecular complexity index is 601. The third-order valence-electron chi connectivity index (χ3n) is 8.43. The zero-order valence-corrected chi connectivity index (χ0v) is 18.7. The highest BCUT2D eigenvalue weighted by atomic mass is 16.6. The van der Waals surface area contributed by atoms with Gasteiger partial charge in [-0.1, -0.05) is 20.3 Å². The van der Waals surface area contributed by atoms with E-state index in [9.17, 15) is 4.79 Å². The van der Waals surface area contributed by atoms with E-state index in [2.05, 4.69) is 51.8 Å². The van der Waals surface area contributed by atoms with Crippen molar-refractivity contribution in [1.82, 2.24) is 10.2 Å². The van der Waals surface area contributed by atoms with Gasteiger partial charge in [-0.15, -0.1) is 0 Å². The van der Waals surface area contributed by atoms with Gasteiger partial charge in [0.1, 0.15) is 11.7 Å². The molecule has 0 aromatic rings. The number of carbonyl (C=O) groups excluding carboxylic acids is 1. The van der Waals surface area contributed by atoms with Gasteiger partial charge in [-0.2, -0.15) is 0 Å². The molecule has 1 N–H and O–H groups in total. The average molecular weight is 393 g/mol. The molecular formula is C23H40N2O3. The van der Waals surface area contributed by atoms with Gasteiger partial charge in [-0.3, -0.25) is 9.69 Å². The molecular weight excluding hydrogens is 352 g/mol. The average Bonchev–Trinajstić information content (AvgIpc) is 3.28. The minimum absolute atomic E-state index is 0.00469. The molecule has 4 rings (SSSR count). The van der Waals surface area contributed by atoms with Gasteiger partial charge in [-0.05, 0) is 52.9 Å². The van der Waals surface area contributed by atoms with Crippen molar-refractivity contribution in [3.8, 4) is 0 Å². The van der Waals surface area contributed by atoms with Gasteiger partial charge in [0, 0.05) is 43.1 Å². The summed E-state index contributed by atoms with van der Waals surface area (Å²) < 4.78 is 12.4. The molecule has 0 bridgehead atoms. The second kappa shape index (κ2) is 7.24. The van der Waals surface area contributed by atoms with Crippen LogP contribution in [0.5, 0.6) is 0 Å². The zero-order chi connectivity index (χ0) is 20.3. The second-order valence-corrected chi connectivity index (χ2v) is 10.7. The van der Waals surface area contributed by atoms with Crippen molar-refractivity contribution < 1.29 is 14.3 Å². The molecule has 7 atom stereocenters. The summed E-state index contributed by atoms with van der Waals surface area (Å²) in [7, 11) is 0. The zero-order valence-electron chi connectivity index (χ0n) is 18.7. The van der Waals surface area contributed by atoms with Gasteiger partial charge in [0.25, 0.3) is 0 Å². The molecule has 2 heterocycles. The molecule has 4 fully saturated rings. The first-order valence-electron chi connectivity index (χ1n) is 11.6. The lowest BCUT2D eigenvalue weighted by molar-refractivity contribution is -0.146. The Morgan fingerprint density at radius 1 is 1.25 bits per heavy atom. The van der Waals surface area contributed by atoms with E-state index >= 15 is 0 Å². The molecule has 2 aliphatic heterocycles. The van der Waals surface area contributed by atoms with Gasteiger partial charge in [0.15, 0.2) is 0 Å². The highest BCUT2D eigenvalue weighted by Crippen LogP contribution is 2.70. The standard InChI is InChI=1S/C23H40N2O3/c1-14(2)25(15(3)4)11-10-24-13-17-19-18(27-21(17)26)12-22(6)9-7-8-16(5)23(22)20(19)28-23/h14-20,24H,7-13H2,1-6H3. The summed E-state index contributed by atoms with van der Waals surface area (Å²) in [4.78, 5) is 15.2. The summed E-state index contributed by atoms with van der Waals surface area (Å²) in [6.07, 6.45) is 4.98. The summed E-state index contributed by atoms with van der Waals surface area (Å²) >= 11 is 0. The molecule has 160 valence electrons. The van der Waals surface area contributed by atoms with E-state index in [1.807, 2.05) is 0 Å². The van der Waals surface area contributed by atoms with Crippen LogP contribution in [0.3, 0.4) is 0 Å². The quantitative estimate of drug-likeness (QED) is 0.410. The number of hydrogen-bond donors (Lipinski definition) is 1. The number of fused-ring (bicyclic) bond motifs is 2. The van der Waals surface area contributed by atoms with Crippen LogP contribution < -0.4 is 5.32 Å². The molecule has 5 nitrogen and oxygen atoms in total. The van der Waals surface area contributed by atoms with Crippen molar-refractivity contribution >= 4 is 5.97 Å². The van der Waals surface area contributed by atoms with Crippen LogP contribution in [0.4, 0.5) is 0 Å². The smallest absolute Gasteiger partial charge is 0.311 e. The van der Waals surface area contributed by atoms with Gasteiger partial charge in [0.05, 0.1) is 12.0 Å². The fourth-order valence-corrected chi connectivity index (χ4v) is 7.04. The van der Waals surface area contributed by atoms with Crippen LogP contribution in [0, 0.1) is 23.2 Å². The lowest BCUT2D eigenvalue weighted by Gasteiger charge is -2.48. The van der Waals surface area contributed by atoms with Crippen LogP contribution >= 0.6 is 0 Å². The predicted molar refractivity (Wildman–Crippen MR) is 110 cm³/mol. The normalized spacial score (nSPS) is 44.5. The Morgan fingerprint density at radius 2 is 1.96 bits per heavy atom. The van der Waals surface area contributed by atoms with Crippen LogP contribution in [0.25, 0.3) is 0 Å². The van der Waals surface area contributed by atoms with Gasteiger partial charge >= 0.3 is 5.97 Å². The summed E-state index contributed by atoms with van der Waals surface area (Å²) in [6, 6.07) is 1.07. The maximum Gasteiger partial charge on any atom is 0.311 e. The number of epoxide rings is 1. The number of hydrogen-bond acceptors (Lipinski definition) is 5. The molecule has 2 saturated carbocycles. The minimum Gasteiger partial charge on any atom is -0.462 e. The topological polar surface area (TPSA) is 54.1 Å². The molecule has 0 aromatic heterocycles. The summed E-state index contributed by atoms with van der Waals surface area (Å²) in [5.74, 6) is 0.763. The Kier molecular flexibility index (Phi) is 5.33. The first-order valence-corrected chi connectivity index (χ1v) is 11.6. The molecule has 1 spiro atoms. The third kappa shape index (κ3) is 3.04. The maximum absolute atomic E-state index is 12.7. The number of esters is 1. The number of nitrogens with zero attached hydrogens (tertiary/aromatic N) is 1. The van der Waals surface area contributed by atoms with Crippen LogP contribution in [-0.4, -0.2) is 60.4 Å². The number of nitrogens with one attached hydrogen (secondary N) is 1. The molecule has 0 aromatic carbocycles. The number of ether oxygens (including phenoxy) is 2. The van der Waals surface area contributed by atoms with E-state index in [4.69, 9.17) is 9.47 Å². The van der Waals surface area contributed by atoms with Crippen molar-refractivity contribution in [2.45, 2.75) is 97.1 Å². The second-order valence-electron chi connectivity index (χ2n) is 10.7. The van der Waals surface area contributed by atoms with Crippen LogP contribution in [0.15, 0.2) is 0 Å². The molecule has 0 amide bonds. The summed E-state index contributed by atoms with van der Waals surface area (Å²) in [5, 5.41) is 3.56. The Balaban J connectivity index is 1.39. The van der Waals surface area contributed by atoms with Crippen molar-refractivity contribution in [1.29, 1.82) is 0 Å². The molecule has 0 radical (unpaired) electrons. The van der Waals surface area contributed by atoms with Crippen LogP contribution in [-0.2, 0) is 14.3 Å². The SMILES string of the molecule is CC(C)N(CCNCC1C(=O)OC2CC3(C)CCCC(C)C34OC4C21)C(C)C. The van der Waals surface area contributed by atoms with E-state index in [1.165, 1.54) is 19.3 Å². The van der Waals surface area contributed by atoms with Gasteiger partial charge < -0.3 is 14.8 Å². The molecule has 7 unspecified atom stereocenters. The van der Waals surface area contributed by atoms with E-state index < -0.39 is 0 Å². The fraction of sp³-hybridized carbons (Fsp3) is 0.957. The Hall–Kier alpha value is -0.650. The molecule has 2 aliphatic carbocycles. The van der Waals surface area contributed by atoms with Crippen LogP contribution in [0.2, 0.25) is 0 Å². The van der Waals surface area contributed by atoms with E-state index in [1.54, 1.807) is 0 Å². The molecule has 4 aliphatic rings. The lowest BCUT2D eigenvalue weighted by Crippen LogP contribution is -2.54. The van der Waals surface area contributed by atoms with E-state index in [0.29, 0.717) is 24.5 Å².